The predicted octanol–water partition coefficient (Wildman–Crippen LogP) is 2.97. The van der Waals surface area contributed by atoms with E-state index in [1.165, 1.54) is 4.90 Å². The van der Waals surface area contributed by atoms with E-state index in [0.717, 1.165) is 12.0 Å². The van der Waals surface area contributed by atoms with Crippen molar-refractivity contribution in [3.05, 3.63) is 29.8 Å². The van der Waals surface area contributed by atoms with Crippen molar-refractivity contribution in [1.29, 1.82) is 0 Å². The molecule has 0 bridgehead atoms. The van der Waals surface area contributed by atoms with E-state index in [4.69, 9.17) is 4.74 Å². The molecule has 0 aliphatic carbocycles. The van der Waals surface area contributed by atoms with E-state index in [1.54, 1.807) is 6.07 Å². The first-order valence-electron chi connectivity index (χ1n) is 6.64. The molecule has 0 N–H and O–H groups in total. The summed E-state index contributed by atoms with van der Waals surface area (Å²) in [6, 6.07) is 7.51. The van der Waals surface area contributed by atoms with Crippen LogP contribution in [0.1, 0.15) is 38.2 Å². The Morgan fingerprint density at radius 2 is 2.16 bits per heavy atom. The van der Waals surface area contributed by atoms with Gasteiger partial charge in [-0.3, -0.25) is 4.79 Å². The number of likely N-dealkylation sites (tertiary alicyclic amines) is 1. The first-order valence-corrected chi connectivity index (χ1v) is 6.64. The molecule has 1 saturated heterocycles. The third kappa shape index (κ3) is 3.56. The van der Waals surface area contributed by atoms with Crippen molar-refractivity contribution in [1.82, 2.24) is 4.90 Å². The topological polar surface area (TPSA) is 46.6 Å². The van der Waals surface area contributed by atoms with Gasteiger partial charge in [0.15, 0.2) is 5.78 Å². The normalized spacial score (nSPS) is 15.7. The van der Waals surface area contributed by atoms with E-state index in [9.17, 15) is 9.59 Å². The third-order valence-corrected chi connectivity index (χ3v) is 3.24. The van der Waals surface area contributed by atoms with Gasteiger partial charge in [0.2, 0.25) is 0 Å². The van der Waals surface area contributed by atoms with Crippen LogP contribution in [0.5, 0.6) is 5.75 Å². The predicted molar refractivity (Wildman–Crippen MR) is 72.4 cm³/mol. The minimum absolute atomic E-state index is 0.0964. The Balaban J connectivity index is 2.02. The van der Waals surface area contributed by atoms with Crippen LogP contribution < -0.4 is 4.74 Å². The maximum Gasteiger partial charge on any atom is 0.415 e. The van der Waals surface area contributed by atoms with Gasteiger partial charge in [-0.2, -0.15) is 0 Å². The molecular formula is C15H19NO3. The van der Waals surface area contributed by atoms with E-state index < -0.39 is 6.09 Å². The van der Waals surface area contributed by atoms with Crippen LogP contribution in [-0.4, -0.2) is 29.9 Å². The van der Waals surface area contributed by atoms with Gasteiger partial charge in [0.25, 0.3) is 0 Å². The lowest BCUT2D eigenvalue weighted by Gasteiger charge is -2.24. The Labute approximate surface area is 113 Å². The third-order valence-electron chi connectivity index (χ3n) is 3.24. The van der Waals surface area contributed by atoms with Gasteiger partial charge < -0.3 is 9.64 Å². The molecule has 0 aromatic heterocycles. The van der Waals surface area contributed by atoms with Crippen LogP contribution in [0.15, 0.2) is 24.3 Å². The smallest absolute Gasteiger partial charge is 0.410 e. The van der Waals surface area contributed by atoms with Gasteiger partial charge in [0, 0.05) is 13.0 Å². The molecule has 1 aliphatic rings. The fourth-order valence-corrected chi connectivity index (χ4v) is 2.10. The fourth-order valence-electron chi connectivity index (χ4n) is 2.10. The lowest BCUT2D eigenvalue weighted by Crippen LogP contribution is -2.41. The highest BCUT2D eigenvalue weighted by Gasteiger charge is 2.23. The molecule has 2 rings (SSSR count). The summed E-state index contributed by atoms with van der Waals surface area (Å²) in [5.74, 6) is 1.02. The van der Waals surface area contributed by atoms with Crippen LogP contribution in [0.3, 0.4) is 0 Å². The second-order valence-corrected chi connectivity index (χ2v) is 5.16. The van der Waals surface area contributed by atoms with E-state index in [0.29, 0.717) is 24.6 Å². The van der Waals surface area contributed by atoms with Gasteiger partial charge in [0.05, 0.1) is 6.54 Å². The molecule has 0 saturated carbocycles. The zero-order chi connectivity index (χ0) is 13.8. The Morgan fingerprint density at radius 1 is 1.37 bits per heavy atom. The number of carbonyl (C=O) groups is 2. The van der Waals surface area contributed by atoms with E-state index in [2.05, 4.69) is 13.8 Å². The monoisotopic (exact) mass is 261 g/mol. The van der Waals surface area contributed by atoms with Crippen LogP contribution in [0.25, 0.3) is 0 Å². The van der Waals surface area contributed by atoms with Crippen LogP contribution in [0, 0.1) is 0 Å². The number of piperidine rings is 1. The van der Waals surface area contributed by atoms with E-state index >= 15 is 0 Å². The fraction of sp³-hybridized carbons (Fsp3) is 0.467. The zero-order valence-electron chi connectivity index (χ0n) is 11.4. The molecule has 102 valence electrons. The molecule has 1 fully saturated rings. The number of benzene rings is 1. The second-order valence-electron chi connectivity index (χ2n) is 5.16. The Hall–Kier alpha value is -1.84. The van der Waals surface area contributed by atoms with Gasteiger partial charge in [0.1, 0.15) is 5.75 Å². The van der Waals surface area contributed by atoms with Gasteiger partial charge in [-0.25, -0.2) is 4.79 Å². The number of rotatable bonds is 2. The maximum atomic E-state index is 11.9. The molecule has 1 amide bonds. The summed E-state index contributed by atoms with van der Waals surface area (Å²) in [7, 11) is 0. The van der Waals surface area contributed by atoms with Crippen molar-refractivity contribution >= 4 is 11.9 Å². The number of ketones is 1. The molecule has 0 radical (unpaired) electrons. The van der Waals surface area contributed by atoms with Gasteiger partial charge >= 0.3 is 6.09 Å². The molecule has 1 heterocycles. The molecule has 0 spiro atoms. The minimum atomic E-state index is -0.436. The highest BCUT2D eigenvalue weighted by Crippen LogP contribution is 2.21. The van der Waals surface area contributed by atoms with Crippen molar-refractivity contribution in [2.75, 3.05) is 13.1 Å². The number of amides is 1. The van der Waals surface area contributed by atoms with Crippen molar-refractivity contribution < 1.29 is 14.3 Å². The first-order chi connectivity index (χ1) is 9.06. The molecule has 0 atom stereocenters. The Morgan fingerprint density at radius 3 is 2.84 bits per heavy atom. The Kier molecular flexibility index (Phi) is 4.20. The zero-order valence-corrected chi connectivity index (χ0v) is 11.4. The number of nitrogens with zero attached hydrogens (tertiary/aromatic N) is 1. The summed E-state index contributed by atoms with van der Waals surface area (Å²) >= 11 is 0. The highest BCUT2D eigenvalue weighted by atomic mass is 16.6. The molecular weight excluding hydrogens is 242 g/mol. The van der Waals surface area contributed by atoms with Gasteiger partial charge in [-0.15, -0.1) is 0 Å². The van der Waals surface area contributed by atoms with Crippen molar-refractivity contribution in [2.45, 2.75) is 32.6 Å². The van der Waals surface area contributed by atoms with Crippen LogP contribution >= 0.6 is 0 Å². The number of Topliss-reactive ketones (excluding diaryl/α,β-unsaturated/α-hetero) is 1. The van der Waals surface area contributed by atoms with Crippen molar-refractivity contribution in [2.24, 2.45) is 0 Å². The molecule has 1 aromatic carbocycles. The number of ether oxygens (including phenoxy) is 1. The molecule has 4 nitrogen and oxygen atoms in total. The summed E-state index contributed by atoms with van der Waals surface area (Å²) in [4.78, 5) is 24.7. The summed E-state index contributed by atoms with van der Waals surface area (Å²) in [6.45, 7) is 4.94. The molecule has 1 aromatic rings. The van der Waals surface area contributed by atoms with Crippen molar-refractivity contribution in [3.8, 4) is 5.75 Å². The minimum Gasteiger partial charge on any atom is -0.410 e. The highest BCUT2D eigenvalue weighted by molar-refractivity contribution is 5.85. The number of hydrogen-bond donors (Lipinski definition) is 0. The molecule has 19 heavy (non-hydrogen) atoms. The lowest BCUT2D eigenvalue weighted by molar-refractivity contribution is -0.121. The van der Waals surface area contributed by atoms with Crippen LogP contribution in [0.2, 0.25) is 0 Å². The lowest BCUT2D eigenvalue weighted by atomic mass is 10.0. The molecule has 0 unspecified atom stereocenters. The number of carbonyl (C=O) groups excluding carboxylic acids is 2. The maximum absolute atomic E-state index is 11.9. The summed E-state index contributed by atoms with van der Waals surface area (Å²) in [5.41, 5.74) is 1.13. The quantitative estimate of drug-likeness (QED) is 0.822. The molecule has 1 aliphatic heterocycles. The largest absolute Gasteiger partial charge is 0.415 e. The first kappa shape index (κ1) is 13.6. The summed E-state index contributed by atoms with van der Waals surface area (Å²) in [5, 5.41) is 0. The SMILES string of the molecule is CC(C)c1cccc(OC(=O)N2CCCC(=O)C2)c1. The van der Waals surface area contributed by atoms with Crippen LogP contribution in [0.4, 0.5) is 4.79 Å². The average Bonchev–Trinajstić information content (AvgIpc) is 2.39. The van der Waals surface area contributed by atoms with E-state index in [1.807, 2.05) is 18.2 Å². The number of hydrogen-bond acceptors (Lipinski definition) is 3. The van der Waals surface area contributed by atoms with Crippen molar-refractivity contribution in [3.63, 3.8) is 0 Å². The summed E-state index contributed by atoms with van der Waals surface area (Å²) < 4.78 is 5.33. The Bertz CT molecular complexity index is 482. The van der Waals surface area contributed by atoms with Gasteiger partial charge in [-0.05, 0) is 30.0 Å². The second kappa shape index (κ2) is 5.87. The van der Waals surface area contributed by atoms with Crippen LogP contribution in [-0.2, 0) is 4.79 Å². The van der Waals surface area contributed by atoms with E-state index in [-0.39, 0.29) is 12.3 Å². The average molecular weight is 261 g/mol. The van der Waals surface area contributed by atoms with Gasteiger partial charge in [-0.1, -0.05) is 26.0 Å². The summed E-state index contributed by atoms with van der Waals surface area (Å²) in [6.07, 6.45) is 0.848. The standard InChI is InChI=1S/C15H19NO3/c1-11(2)12-5-3-7-14(9-12)19-15(18)16-8-4-6-13(17)10-16/h3,5,7,9,11H,4,6,8,10H2,1-2H3. The molecule has 4 heteroatoms.